The number of hydrogen-bond acceptors (Lipinski definition) is 5. The summed E-state index contributed by atoms with van der Waals surface area (Å²) in [6.45, 7) is 2.33. The van der Waals surface area contributed by atoms with Crippen molar-refractivity contribution in [2.75, 3.05) is 47.2 Å². The second-order valence-corrected chi connectivity index (χ2v) is 3.21. The molecule has 96 valence electrons. The number of aliphatic carboxylic acids is 1. The van der Waals surface area contributed by atoms with Crippen LogP contribution in [0.5, 0.6) is 0 Å². The maximum absolute atomic E-state index is 10.6. The number of methoxy groups -OCH3 is 1. The molecule has 2 N–H and O–H groups in total. The Labute approximate surface area is 95.9 Å². The van der Waals surface area contributed by atoms with Crippen molar-refractivity contribution in [3.8, 4) is 0 Å². The summed E-state index contributed by atoms with van der Waals surface area (Å²) in [6.07, 6.45) is 0.852. The number of carboxylic acid groups (broad SMARTS) is 1. The van der Waals surface area contributed by atoms with Crippen LogP contribution in [0.2, 0.25) is 0 Å². The van der Waals surface area contributed by atoms with Gasteiger partial charge in [0, 0.05) is 20.3 Å². The van der Waals surface area contributed by atoms with E-state index in [9.17, 15) is 4.79 Å². The molecule has 0 aliphatic carbocycles. The number of hydrogen-bond donors (Lipinski definition) is 2. The van der Waals surface area contributed by atoms with Crippen LogP contribution in [0, 0.1) is 0 Å². The number of likely N-dealkylation sites (N-methyl/N-ethyl adjacent to an activating group) is 1. The minimum Gasteiger partial charge on any atom is -0.480 e. The van der Waals surface area contributed by atoms with E-state index in [1.54, 1.807) is 14.2 Å². The van der Waals surface area contributed by atoms with Gasteiger partial charge in [0.2, 0.25) is 0 Å². The fourth-order valence-electron chi connectivity index (χ4n) is 1.00. The van der Waals surface area contributed by atoms with Crippen molar-refractivity contribution in [3.63, 3.8) is 0 Å². The van der Waals surface area contributed by atoms with Crippen LogP contribution in [0.1, 0.15) is 6.42 Å². The summed E-state index contributed by atoms with van der Waals surface area (Å²) >= 11 is 0. The molecule has 0 rings (SSSR count). The molecule has 0 saturated carbocycles. The molecule has 0 aliphatic rings. The molecule has 0 heterocycles. The lowest BCUT2D eigenvalue weighted by Crippen LogP contribution is -2.38. The van der Waals surface area contributed by atoms with Gasteiger partial charge in [0.15, 0.2) is 0 Å². The molecule has 0 aromatic heterocycles. The first-order valence-corrected chi connectivity index (χ1v) is 5.26. The van der Waals surface area contributed by atoms with Gasteiger partial charge in [-0.2, -0.15) is 0 Å². The standard InChI is InChI=1S/C10H21NO5/c1-11-9(10(12)13)8-16-7-6-15-5-3-4-14-2/h9,11H,3-8H2,1-2H3,(H,12,13). The van der Waals surface area contributed by atoms with Crippen LogP contribution in [-0.4, -0.2) is 64.3 Å². The number of carbonyl (C=O) groups is 1. The molecular formula is C10H21NO5. The summed E-state index contributed by atoms with van der Waals surface area (Å²) in [6, 6.07) is -0.659. The van der Waals surface area contributed by atoms with E-state index in [0.29, 0.717) is 26.4 Å². The van der Waals surface area contributed by atoms with Gasteiger partial charge in [-0.3, -0.25) is 4.79 Å². The summed E-state index contributed by atoms with van der Waals surface area (Å²) in [4.78, 5) is 10.6. The zero-order valence-corrected chi connectivity index (χ0v) is 9.90. The van der Waals surface area contributed by atoms with E-state index in [-0.39, 0.29) is 6.61 Å². The Morgan fingerprint density at radius 2 is 1.94 bits per heavy atom. The van der Waals surface area contributed by atoms with Gasteiger partial charge in [-0.05, 0) is 13.5 Å². The second-order valence-electron chi connectivity index (χ2n) is 3.21. The third-order valence-corrected chi connectivity index (χ3v) is 1.94. The fraction of sp³-hybridized carbons (Fsp3) is 0.900. The smallest absolute Gasteiger partial charge is 0.323 e. The van der Waals surface area contributed by atoms with Gasteiger partial charge < -0.3 is 24.6 Å². The third kappa shape index (κ3) is 8.60. The van der Waals surface area contributed by atoms with Gasteiger partial charge in [0.25, 0.3) is 0 Å². The van der Waals surface area contributed by atoms with Crippen molar-refractivity contribution in [1.82, 2.24) is 5.32 Å². The molecule has 0 aliphatic heterocycles. The predicted octanol–water partition coefficient (Wildman–Crippen LogP) is -0.271. The van der Waals surface area contributed by atoms with Crippen LogP contribution in [0.15, 0.2) is 0 Å². The third-order valence-electron chi connectivity index (χ3n) is 1.94. The second kappa shape index (κ2) is 10.8. The van der Waals surface area contributed by atoms with Crippen molar-refractivity contribution in [1.29, 1.82) is 0 Å². The van der Waals surface area contributed by atoms with Crippen molar-refractivity contribution in [2.45, 2.75) is 12.5 Å². The van der Waals surface area contributed by atoms with E-state index >= 15 is 0 Å². The van der Waals surface area contributed by atoms with Crippen LogP contribution >= 0.6 is 0 Å². The normalized spacial score (nSPS) is 12.6. The maximum Gasteiger partial charge on any atom is 0.323 e. The minimum atomic E-state index is -0.913. The summed E-state index contributed by atoms with van der Waals surface area (Å²) in [5.74, 6) is -0.913. The van der Waals surface area contributed by atoms with E-state index < -0.39 is 12.0 Å². The van der Waals surface area contributed by atoms with Gasteiger partial charge in [-0.1, -0.05) is 0 Å². The van der Waals surface area contributed by atoms with E-state index in [4.69, 9.17) is 19.3 Å². The maximum atomic E-state index is 10.6. The quantitative estimate of drug-likeness (QED) is 0.480. The van der Waals surface area contributed by atoms with Gasteiger partial charge in [-0.15, -0.1) is 0 Å². The van der Waals surface area contributed by atoms with E-state index in [2.05, 4.69) is 5.32 Å². The first-order valence-electron chi connectivity index (χ1n) is 5.26. The zero-order valence-electron chi connectivity index (χ0n) is 9.90. The molecule has 0 spiro atoms. The Kier molecular flexibility index (Phi) is 10.3. The fourth-order valence-corrected chi connectivity index (χ4v) is 1.00. The molecule has 16 heavy (non-hydrogen) atoms. The monoisotopic (exact) mass is 235 g/mol. The molecule has 0 radical (unpaired) electrons. The van der Waals surface area contributed by atoms with Crippen LogP contribution in [0.25, 0.3) is 0 Å². The highest BCUT2D eigenvalue weighted by Gasteiger charge is 2.13. The van der Waals surface area contributed by atoms with E-state index in [0.717, 1.165) is 6.42 Å². The number of rotatable bonds is 11. The Morgan fingerprint density at radius 1 is 1.25 bits per heavy atom. The molecule has 0 amide bonds. The molecule has 0 fully saturated rings. The van der Waals surface area contributed by atoms with Gasteiger partial charge >= 0.3 is 5.97 Å². The van der Waals surface area contributed by atoms with Gasteiger partial charge in [0.1, 0.15) is 6.04 Å². The first-order chi connectivity index (χ1) is 7.72. The lowest BCUT2D eigenvalue weighted by atomic mass is 10.3. The summed E-state index contributed by atoms with van der Waals surface area (Å²) in [5, 5.41) is 11.3. The van der Waals surface area contributed by atoms with Crippen LogP contribution in [0.4, 0.5) is 0 Å². The lowest BCUT2D eigenvalue weighted by molar-refractivity contribution is -0.141. The van der Waals surface area contributed by atoms with Crippen molar-refractivity contribution in [2.24, 2.45) is 0 Å². The summed E-state index contributed by atoms with van der Waals surface area (Å²) in [7, 11) is 3.23. The van der Waals surface area contributed by atoms with Gasteiger partial charge in [-0.25, -0.2) is 0 Å². The highest BCUT2D eigenvalue weighted by molar-refractivity contribution is 5.73. The van der Waals surface area contributed by atoms with Crippen LogP contribution in [-0.2, 0) is 19.0 Å². The summed E-state index contributed by atoms with van der Waals surface area (Å²) in [5.41, 5.74) is 0. The number of ether oxygens (including phenoxy) is 3. The first kappa shape index (κ1) is 15.3. The molecule has 0 aromatic carbocycles. The molecule has 6 heteroatoms. The Balaban J connectivity index is 3.22. The summed E-state index contributed by atoms with van der Waals surface area (Å²) < 4.78 is 15.3. The average Bonchev–Trinajstić information content (AvgIpc) is 2.26. The molecule has 6 nitrogen and oxygen atoms in total. The topological polar surface area (TPSA) is 77.0 Å². The molecular weight excluding hydrogens is 214 g/mol. The average molecular weight is 235 g/mol. The Hall–Kier alpha value is -0.690. The SMILES string of the molecule is CNC(COCCOCCCOC)C(=O)O. The number of carboxylic acids is 1. The number of nitrogens with one attached hydrogen (secondary N) is 1. The van der Waals surface area contributed by atoms with Crippen LogP contribution < -0.4 is 5.32 Å². The largest absolute Gasteiger partial charge is 0.480 e. The predicted molar refractivity (Wildman–Crippen MR) is 58.6 cm³/mol. The molecule has 0 aromatic rings. The van der Waals surface area contributed by atoms with Crippen LogP contribution in [0.3, 0.4) is 0 Å². The van der Waals surface area contributed by atoms with Crippen molar-refractivity contribution < 1.29 is 24.1 Å². The van der Waals surface area contributed by atoms with Crippen molar-refractivity contribution >= 4 is 5.97 Å². The van der Waals surface area contributed by atoms with E-state index in [1.165, 1.54) is 0 Å². The molecule has 0 bridgehead atoms. The molecule has 0 saturated heterocycles. The van der Waals surface area contributed by atoms with Crippen molar-refractivity contribution in [3.05, 3.63) is 0 Å². The lowest BCUT2D eigenvalue weighted by Gasteiger charge is -2.11. The minimum absolute atomic E-state index is 0.146. The highest BCUT2D eigenvalue weighted by atomic mass is 16.5. The Morgan fingerprint density at radius 3 is 2.50 bits per heavy atom. The molecule has 1 unspecified atom stereocenters. The van der Waals surface area contributed by atoms with E-state index in [1.807, 2.05) is 0 Å². The highest BCUT2D eigenvalue weighted by Crippen LogP contribution is 1.88. The molecule has 1 atom stereocenters. The van der Waals surface area contributed by atoms with Gasteiger partial charge in [0.05, 0.1) is 19.8 Å². The zero-order chi connectivity index (χ0) is 12.2. The Bertz CT molecular complexity index is 177.